The normalized spacial score (nSPS) is 26.8. The zero-order chi connectivity index (χ0) is 12.3. The molecule has 0 aromatic heterocycles. The molecule has 1 aliphatic carbocycles. The van der Waals surface area contributed by atoms with Crippen molar-refractivity contribution in [3.05, 3.63) is 34.3 Å². The fourth-order valence-corrected chi connectivity index (χ4v) is 3.00. The summed E-state index contributed by atoms with van der Waals surface area (Å²) in [5.41, 5.74) is 1.38. The lowest BCUT2D eigenvalue weighted by Crippen LogP contribution is -2.38. The van der Waals surface area contributed by atoms with Crippen LogP contribution in [0.5, 0.6) is 0 Å². The van der Waals surface area contributed by atoms with Crippen LogP contribution in [0, 0.1) is 5.92 Å². The van der Waals surface area contributed by atoms with Crippen molar-refractivity contribution in [2.45, 2.75) is 51.6 Å². The summed E-state index contributed by atoms with van der Waals surface area (Å²) in [5, 5.41) is 3.79. The Labute approximate surface area is 113 Å². The molecule has 0 amide bonds. The van der Waals surface area contributed by atoms with E-state index in [2.05, 4.69) is 59.4 Å². The van der Waals surface area contributed by atoms with Gasteiger partial charge in [-0.05, 0) is 43.4 Å². The summed E-state index contributed by atoms with van der Waals surface area (Å²) in [6.45, 7) is 4.65. The van der Waals surface area contributed by atoms with Gasteiger partial charge in [-0.2, -0.15) is 0 Å². The Hall–Kier alpha value is -0.340. The minimum absolute atomic E-state index is 0.452. The molecule has 1 aromatic rings. The minimum Gasteiger partial charge on any atom is -0.307 e. The summed E-state index contributed by atoms with van der Waals surface area (Å²) >= 11 is 3.48. The fourth-order valence-electron chi connectivity index (χ4n) is 2.73. The zero-order valence-corrected chi connectivity index (χ0v) is 12.3. The van der Waals surface area contributed by atoms with E-state index >= 15 is 0 Å². The Bertz CT molecular complexity index is 346. The van der Waals surface area contributed by atoms with Crippen molar-refractivity contribution in [3.63, 3.8) is 0 Å². The second kappa shape index (κ2) is 6.01. The van der Waals surface area contributed by atoms with E-state index in [4.69, 9.17) is 0 Å². The van der Waals surface area contributed by atoms with Crippen LogP contribution in [-0.2, 0) is 0 Å². The second-order valence-electron chi connectivity index (χ2n) is 5.31. The highest BCUT2D eigenvalue weighted by Crippen LogP contribution is 2.26. The van der Waals surface area contributed by atoms with E-state index in [1.54, 1.807) is 0 Å². The summed E-state index contributed by atoms with van der Waals surface area (Å²) in [5.74, 6) is 0.821. The number of hydrogen-bond acceptors (Lipinski definition) is 1. The molecule has 2 heteroatoms. The molecule has 0 heterocycles. The first kappa shape index (κ1) is 13.1. The van der Waals surface area contributed by atoms with Crippen LogP contribution in [0.15, 0.2) is 28.7 Å². The molecule has 17 heavy (non-hydrogen) atoms. The van der Waals surface area contributed by atoms with Crippen LogP contribution in [0.3, 0.4) is 0 Å². The van der Waals surface area contributed by atoms with E-state index < -0.39 is 0 Å². The maximum absolute atomic E-state index is 3.79. The van der Waals surface area contributed by atoms with E-state index in [1.165, 1.54) is 31.2 Å². The minimum atomic E-state index is 0.452. The maximum Gasteiger partial charge on any atom is 0.0294 e. The van der Waals surface area contributed by atoms with Gasteiger partial charge in [0.15, 0.2) is 0 Å². The Morgan fingerprint density at radius 3 is 2.47 bits per heavy atom. The molecule has 1 nitrogen and oxygen atoms in total. The molecule has 0 radical (unpaired) electrons. The van der Waals surface area contributed by atoms with Crippen LogP contribution in [0.4, 0.5) is 0 Å². The van der Waals surface area contributed by atoms with Gasteiger partial charge in [0.1, 0.15) is 0 Å². The monoisotopic (exact) mass is 295 g/mol. The van der Waals surface area contributed by atoms with Crippen molar-refractivity contribution in [1.29, 1.82) is 0 Å². The number of benzene rings is 1. The molecule has 0 spiro atoms. The van der Waals surface area contributed by atoms with Gasteiger partial charge in [-0.3, -0.25) is 0 Å². The third-order valence-electron chi connectivity index (χ3n) is 3.95. The van der Waals surface area contributed by atoms with E-state index in [0.29, 0.717) is 12.1 Å². The second-order valence-corrected chi connectivity index (χ2v) is 6.22. The summed E-state index contributed by atoms with van der Waals surface area (Å²) < 4.78 is 1.15. The van der Waals surface area contributed by atoms with Crippen molar-refractivity contribution in [2.24, 2.45) is 5.92 Å². The van der Waals surface area contributed by atoms with Gasteiger partial charge in [-0.15, -0.1) is 0 Å². The first-order valence-electron chi connectivity index (χ1n) is 6.68. The van der Waals surface area contributed by atoms with E-state index in [-0.39, 0.29) is 0 Å². The number of nitrogens with one attached hydrogen (secondary N) is 1. The molecule has 1 aliphatic rings. The third kappa shape index (κ3) is 3.56. The van der Waals surface area contributed by atoms with Gasteiger partial charge in [0.25, 0.3) is 0 Å². The molecule has 0 bridgehead atoms. The van der Waals surface area contributed by atoms with Gasteiger partial charge >= 0.3 is 0 Å². The molecular formula is C15H22BrN. The Morgan fingerprint density at radius 2 is 1.82 bits per heavy atom. The lowest BCUT2D eigenvalue weighted by Gasteiger charge is -2.32. The number of halogens is 1. The highest BCUT2D eigenvalue weighted by molar-refractivity contribution is 9.10. The SMILES string of the molecule is CC1CCCCC1N[C@@H](C)c1ccc(Br)cc1. The maximum atomic E-state index is 3.79. The topological polar surface area (TPSA) is 12.0 Å². The molecule has 1 saturated carbocycles. The lowest BCUT2D eigenvalue weighted by atomic mass is 9.85. The molecule has 2 rings (SSSR count). The standard InChI is InChI=1S/C15H22BrN/c1-11-5-3-4-6-15(11)17-12(2)13-7-9-14(16)10-8-13/h7-12,15,17H,3-6H2,1-2H3/t11?,12-,15?/m0/s1. The Morgan fingerprint density at radius 1 is 1.18 bits per heavy atom. The highest BCUT2D eigenvalue weighted by Gasteiger charge is 2.22. The number of rotatable bonds is 3. The van der Waals surface area contributed by atoms with Crippen molar-refractivity contribution in [3.8, 4) is 0 Å². The molecule has 1 fully saturated rings. The average molecular weight is 296 g/mol. The van der Waals surface area contributed by atoms with Crippen molar-refractivity contribution < 1.29 is 0 Å². The lowest BCUT2D eigenvalue weighted by molar-refractivity contribution is 0.263. The van der Waals surface area contributed by atoms with Gasteiger partial charge in [-0.1, -0.05) is 47.8 Å². The molecule has 3 atom stereocenters. The molecule has 94 valence electrons. The molecule has 0 saturated heterocycles. The summed E-state index contributed by atoms with van der Waals surface area (Å²) in [4.78, 5) is 0. The quantitative estimate of drug-likeness (QED) is 0.854. The summed E-state index contributed by atoms with van der Waals surface area (Å²) in [6, 6.07) is 9.80. The van der Waals surface area contributed by atoms with Crippen molar-refractivity contribution in [1.82, 2.24) is 5.32 Å². The smallest absolute Gasteiger partial charge is 0.0294 e. The summed E-state index contributed by atoms with van der Waals surface area (Å²) in [7, 11) is 0. The molecule has 2 unspecified atom stereocenters. The first-order chi connectivity index (χ1) is 8.16. The van der Waals surface area contributed by atoms with Crippen LogP contribution in [0.2, 0.25) is 0 Å². The van der Waals surface area contributed by atoms with Gasteiger partial charge in [-0.25, -0.2) is 0 Å². The van der Waals surface area contributed by atoms with Crippen LogP contribution >= 0.6 is 15.9 Å². The van der Waals surface area contributed by atoms with Crippen LogP contribution in [-0.4, -0.2) is 6.04 Å². The molecule has 1 aromatic carbocycles. The predicted molar refractivity (Wildman–Crippen MR) is 77.1 cm³/mol. The average Bonchev–Trinajstić information content (AvgIpc) is 2.33. The predicted octanol–water partition coefficient (Wildman–Crippen LogP) is 4.68. The molecular weight excluding hydrogens is 274 g/mol. The number of hydrogen-bond donors (Lipinski definition) is 1. The van der Waals surface area contributed by atoms with E-state index in [1.807, 2.05) is 0 Å². The van der Waals surface area contributed by atoms with Crippen molar-refractivity contribution >= 4 is 15.9 Å². The Balaban J connectivity index is 1.95. The molecule has 0 aliphatic heterocycles. The van der Waals surface area contributed by atoms with E-state index in [0.717, 1.165) is 10.4 Å². The van der Waals surface area contributed by atoms with E-state index in [9.17, 15) is 0 Å². The van der Waals surface area contributed by atoms with Crippen LogP contribution in [0.25, 0.3) is 0 Å². The van der Waals surface area contributed by atoms with Gasteiger partial charge in [0.05, 0.1) is 0 Å². The first-order valence-corrected chi connectivity index (χ1v) is 7.47. The van der Waals surface area contributed by atoms with Crippen LogP contribution < -0.4 is 5.32 Å². The zero-order valence-electron chi connectivity index (χ0n) is 10.7. The third-order valence-corrected chi connectivity index (χ3v) is 4.47. The van der Waals surface area contributed by atoms with Gasteiger partial charge < -0.3 is 5.32 Å². The van der Waals surface area contributed by atoms with Gasteiger partial charge in [0, 0.05) is 16.6 Å². The highest BCUT2D eigenvalue weighted by atomic mass is 79.9. The van der Waals surface area contributed by atoms with Crippen molar-refractivity contribution in [2.75, 3.05) is 0 Å². The summed E-state index contributed by atoms with van der Waals surface area (Å²) in [6.07, 6.45) is 5.51. The van der Waals surface area contributed by atoms with Gasteiger partial charge in [0.2, 0.25) is 0 Å². The Kier molecular flexibility index (Phi) is 4.63. The largest absolute Gasteiger partial charge is 0.307 e. The molecule has 1 N–H and O–H groups in total. The van der Waals surface area contributed by atoms with Crippen LogP contribution in [0.1, 0.15) is 51.1 Å². The fraction of sp³-hybridized carbons (Fsp3) is 0.600.